The maximum Gasteiger partial charge on any atom is 0.142 e. The average Bonchev–Trinajstić information content (AvgIpc) is 2.80. The molecule has 0 N–H and O–H groups in total. The van der Waals surface area contributed by atoms with Gasteiger partial charge in [-0.25, -0.2) is 0 Å². The number of halogens is 2. The van der Waals surface area contributed by atoms with E-state index in [9.17, 15) is 0 Å². The zero-order chi connectivity index (χ0) is 11.4. The minimum atomic E-state index is 0.414. The molecule has 0 aliphatic carbocycles. The highest BCUT2D eigenvalue weighted by Crippen LogP contribution is 2.30. The molecule has 1 saturated heterocycles. The van der Waals surface area contributed by atoms with Crippen LogP contribution in [0.15, 0.2) is 18.2 Å². The van der Waals surface area contributed by atoms with E-state index in [0.717, 1.165) is 25.2 Å². The van der Waals surface area contributed by atoms with Gasteiger partial charge in [-0.05, 0) is 12.5 Å². The lowest BCUT2D eigenvalue weighted by molar-refractivity contribution is 0.167. The quantitative estimate of drug-likeness (QED) is 0.772. The van der Waals surface area contributed by atoms with Gasteiger partial charge < -0.3 is 9.47 Å². The third-order valence-electron chi connectivity index (χ3n) is 2.68. The number of ether oxygens (including phenoxy) is 2. The smallest absolute Gasteiger partial charge is 0.142 e. The van der Waals surface area contributed by atoms with Crippen molar-refractivity contribution in [2.75, 3.05) is 19.8 Å². The Bertz CT molecular complexity index is 349. The summed E-state index contributed by atoms with van der Waals surface area (Å²) in [5, 5.41) is 0.622. The van der Waals surface area contributed by atoms with Crippen molar-refractivity contribution in [3.05, 3.63) is 28.8 Å². The van der Waals surface area contributed by atoms with Crippen LogP contribution < -0.4 is 4.74 Å². The number of para-hydroxylation sites is 1. The van der Waals surface area contributed by atoms with Gasteiger partial charge in [-0.15, -0.1) is 11.6 Å². The van der Waals surface area contributed by atoms with E-state index >= 15 is 0 Å². The Labute approximate surface area is 105 Å². The van der Waals surface area contributed by atoms with Gasteiger partial charge >= 0.3 is 0 Å². The summed E-state index contributed by atoms with van der Waals surface area (Å²) >= 11 is 11.9. The lowest BCUT2D eigenvalue weighted by atomic mass is 10.1. The average molecular weight is 261 g/mol. The predicted octanol–water partition coefficient (Wildman–Crippen LogP) is 3.49. The van der Waals surface area contributed by atoms with Crippen LogP contribution in [0.3, 0.4) is 0 Å². The standard InChI is InChI=1S/C12H14Cl2O2/c13-6-10-2-1-3-11(14)12(10)16-8-9-4-5-15-7-9/h1-3,9H,4-8H2. The monoisotopic (exact) mass is 260 g/mol. The molecule has 0 aromatic heterocycles. The molecular weight excluding hydrogens is 247 g/mol. The van der Waals surface area contributed by atoms with Crippen LogP contribution in [-0.2, 0) is 10.6 Å². The van der Waals surface area contributed by atoms with Crippen LogP contribution in [0.2, 0.25) is 5.02 Å². The molecule has 0 amide bonds. The third-order valence-corrected chi connectivity index (χ3v) is 3.27. The SMILES string of the molecule is ClCc1cccc(Cl)c1OCC1CCOC1. The number of hydrogen-bond donors (Lipinski definition) is 0. The van der Waals surface area contributed by atoms with Gasteiger partial charge in [0.05, 0.1) is 24.1 Å². The first-order valence-electron chi connectivity index (χ1n) is 5.35. The van der Waals surface area contributed by atoms with E-state index < -0.39 is 0 Å². The van der Waals surface area contributed by atoms with E-state index in [2.05, 4.69) is 0 Å². The second kappa shape index (κ2) is 5.76. The first kappa shape index (κ1) is 12.0. The van der Waals surface area contributed by atoms with Gasteiger partial charge in [0.15, 0.2) is 0 Å². The van der Waals surface area contributed by atoms with E-state index in [1.807, 2.05) is 18.2 Å². The maximum atomic E-state index is 6.08. The highest BCUT2D eigenvalue weighted by molar-refractivity contribution is 6.32. The molecule has 2 nitrogen and oxygen atoms in total. The van der Waals surface area contributed by atoms with Crippen molar-refractivity contribution in [2.45, 2.75) is 12.3 Å². The van der Waals surface area contributed by atoms with Crippen LogP contribution in [0.25, 0.3) is 0 Å². The van der Waals surface area contributed by atoms with Crippen molar-refractivity contribution < 1.29 is 9.47 Å². The molecule has 0 saturated carbocycles. The van der Waals surface area contributed by atoms with Crippen molar-refractivity contribution >= 4 is 23.2 Å². The second-order valence-electron chi connectivity index (χ2n) is 3.90. The molecule has 1 fully saturated rings. The number of hydrogen-bond acceptors (Lipinski definition) is 2. The lowest BCUT2D eigenvalue weighted by Gasteiger charge is -2.14. The summed E-state index contributed by atoms with van der Waals surface area (Å²) in [5.74, 6) is 1.60. The fraction of sp³-hybridized carbons (Fsp3) is 0.500. The molecule has 1 aliphatic heterocycles. The second-order valence-corrected chi connectivity index (χ2v) is 4.58. The van der Waals surface area contributed by atoms with Crippen LogP contribution >= 0.6 is 23.2 Å². The molecule has 1 atom stereocenters. The van der Waals surface area contributed by atoms with Crippen molar-refractivity contribution in [2.24, 2.45) is 5.92 Å². The summed E-state index contributed by atoms with van der Waals surface area (Å²) in [7, 11) is 0. The zero-order valence-corrected chi connectivity index (χ0v) is 10.4. The van der Waals surface area contributed by atoms with E-state index in [4.69, 9.17) is 32.7 Å². The summed E-state index contributed by atoms with van der Waals surface area (Å²) in [5.41, 5.74) is 0.938. The van der Waals surface area contributed by atoms with E-state index in [1.165, 1.54) is 0 Å². The topological polar surface area (TPSA) is 18.5 Å². The van der Waals surface area contributed by atoms with Gasteiger partial charge in [-0.3, -0.25) is 0 Å². The molecule has 4 heteroatoms. The minimum Gasteiger partial charge on any atom is -0.491 e. The Kier molecular flexibility index (Phi) is 4.33. The van der Waals surface area contributed by atoms with E-state index in [1.54, 1.807) is 0 Å². The van der Waals surface area contributed by atoms with Crippen LogP contribution in [0.4, 0.5) is 0 Å². The first-order chi connectivity index (χ1) is 7.81. The van der Waals surface area contributed by atoms with Crippen LogP contribution in [-0.4, -0.2) is 19.8 Å². The van der Waals surface area contributed by atoms with Gasteiger partial charge in [0.1, 0.15) is 5.75 Å². The number of alkyl halides is 1. The minimum absolute atomic E-state index is 0.414. The van der Waals surface area contributed by atoms with Crippen molar-refractivity contribution in [3.8, 4) is 5.75 Å². The largest absolute Gasteiger partial charge is 0.491 e. The highest BCUT2D eigenvalue weighted by atomic mass is 35.5. The van der Waals surface area contributed by atoms with Gasteiger partial charge in [0.25, 0.3) is 0 Å². The summed E-state index contributed by atoms with van der Waals surface area (Å²) in [4.78, 5) is 0. The van der Waals surface area contributed by atoms with E-state index in [0.29, 0.717) is 29.2 Å². The molecule has 1 unspecified atom stereocenters. The Hall–Kier alpha value is -0.440. The Morgan fingerprint density at radius 1 is 1.44 bits per heavy atom. The maximum absolute atomic E-state index is 6.08. The molecule has 0 radical (unpaired) electrons. The van der Waals surface area contributed by atoms with Gasteiger partial charge in [-0.1, -0.05) is 23.7 Å². The van der Waals surface area contributed by atoms with Crippen LogP contribution in [0.5, 0.6) is 5.75 Å². The van der Waals surface area contributed by atoms with Crippen molar-refractivity contribution in [3.63, 3.8) is 0 Å². The molecular formula is C12H14Cl2O2. The lowest BCUT2D eigenvalue weighted by Crippen LogP contribution is -2.12. The molecule has 16 heavy (non-hydrogen) atoms. The molecule has 1 aromatic carbocycles. The summed E-state index contributed by atoms with van der Waals surface area (Å²) in [6.07, 6.45) is 1.06. The first-order valence-corrected chi connectivity index (χ1v) is 6.26. The Balaban J connectivity index is 2.01. The van der Waals surface area contributed by atoms with Gasteiger partial charge in [0.2, 0.25) is 0 Å². The molecule has 2 rings (SSSR count). The molecule has 1 aromatic rings. The van der Waals surface area contributed by atoms with Crippen molar-refractivity contribution in [1.82, 2.24) is 0 Å². The van der Waals surface area contributed by atoms with Gasteiger partial charge in [-0.2, -0.15) is 0 Å². The normalized spacial score (nSPS) is 20.0. The summed E-state index contributed by atoms with van der Waals surface area (Å²) < 4.78 is 11.0. The van der Waals surface area contributed by atoms with Gasteiger partial charge in [0, 0.05) is 18.1 Å². The molecule has 1 heterocycles. The number of benzene rings is 1. The molecule has 1 aliphatic rings. The zero-order valence-electron chi connectivity index (χ0n) is 8.92. The third kappa shape index (κ3) is 2.82. The van der Waals surface area contributed by atoms with Crippen LogP contribution in [0.1, 0.15) is 12.0 Å². The highest BCUT2D eigenvalue weighted by Gasteiger charge is 2.17. The van der Waals surface area contributed by atoms with E-state index in [-0.39, 0.29) is 0 Å². The van der Waals surface area contributed by atoms with Crippen LogP contribution in [0, 0.1) is 5.92 Å². The molecule has 88 valence electrons. The fourth-order valence-electron chi connectivity index (χ4n) is 1.74. The summed E-state index contributed by atoms with van der Waals surface area (Å²) in [6, 6.07) is 5.63. The fourth-order valence-corrected chi connectivity index (χ4v) is 2.20. The molecule has 0 spiro atoms. The Morgan fingerprint density at radius 2 is 2.31 bits per heavy atom. The molecule has 0 bridgehead atoms. The predicted molar refractivity (Wildman–Crippen MR) is 65.4 cm³/mol. The van der Waals surface area contributed by atoms with Crippen molar-refractivity contribution in [1.29, 1.82) is 0 Å². The Morgan fingerprint density at radius 3 is 3.00 bits per heavy atom. The summed E-state index contributed by atoms with van der Waals surface area (Å²) in [6.45, 7) is 2.26. The number of rotatable bonds is 4.